The minimum atomic E-state index is -1.64. The minimum absolute atomic E-state index is 0.634. The van der Waals surface area contributed by atoms with Crippen molar-refractivity contribution in [3.8, 4) is 0 Å². The largest absolute Gasteiger partial charge is 0.429 e. The van der Waals surface area contributed by atoms with Crippen LogP contribution in [0.3, 0.4) is 0 Å². The zero-order valence-electron chi connectivity index (χ0n) is 9.51. The van der Waals surface area contributed by atoms with Gasteiger partial charge in [-0.3, -0.25) is 5.43 Å². The molecule has 18 heavy (non-hydrogen) atoms. The SMILES string of the molecule is NC(=O)OC(=O)C(=O)OC(=O)NN1CCCCC1. The lowest BCUT2D eigenvalue weighted by Gasteiger charge is -2.25. The number of carbonyl (C=O) groups is 4. The summed E-state index contributed by atoms with van der Waals surface area (Å²) in [5.74, 6) is -3.25. The van der Waals surface area contributed by atoms with Gasteiger partial charge in [-0.2, -0.15) is 0 Å². The first-order chi connectivity index (χ1) is 8.49. The number of primary amides is 1. The lowest BCUT2D eigenvalue weighted by atomic mass is 10.2. The second-order valence-corrected chi connectivity index (χ2v) is 3.55. The van der Waals surface area contributed by atoms with Crippen LogP contribution in [-0.2, 0) is 19.1 Å². The lowest BCUT2D eigenvalue weighted by molar-refractivity contribution is -0.160. The van der Waals surface area contributed by atoms with E-state index < -0.39 is 24.1 Å². The first-order valence-electron chi connectivity index (χ1n) is 5.28. The molecule has 0 aromatic rings. The highest BCUT2D eigenvalue weighted by atomic mass is 16.6. The van der Waals surface area contributed by atoms with Crippen molar-refractivity contribution in [3.63, 3.8) is 0 Å². The number of esters is 2. The van der Waals surface area contributed by atoms with Gasteiger partial charge in [0.15, 0.2) is 0 Å². The number of hydrogen-bond donors (Lipinski definition) is 2. The summed E-state index contributed by atoms with van der Waals surface area (Å²) in [4.78, 5) is 43.1. The molecule has 1 heterocycles. The summed E-state index contributed by atoms with van der Waals surface area (Å²) in [5.41, 5.74) is 6.80. The molecular formula is C9H13N3O6. The lowest BCUT2D eigenvalue weighted by Crippen LogP contribution is -2.46. The molecule has 0 radical (unpaired) electrons. The highest BCUT2D eigenvalue weighted by Crippen LogP contribution is 2.05. The van der Waals surface area contributed by atoms with Crippen LogP contribution in [0.5, 0.6) is 0 Å². The van der Waals surface area contributed by atoms with Gasteiger partial charge < -0.3 is 15.2 Å². The molecular weight excluding hydrogens is 246 g/mol. The van der Waals surface area contributed by atoms with Crippen LogP contribution < -0.4 is 11.2 Å². The van der Waals surface area contributed by atoms with E-state index in [9.17, 15) is 19.2 Å². The number of carbonyl (C=O) groups excluding carboxylic acids is 4. The van der Waals surface area contributed by atoms with E-state index in [-0.39, 0.29) is 0 Å². The Morgan fingerprint density at radius 1 is 0.944 bits per heavy atom. The number of piperidine rings is 1. The normalized spacial score (nSPS) is 15.6. The molecule has 0 aromatic carbocycles. The van der Waals surface area contributed by atoms with Gasteiger partial charge in [-0.25, -0.2) is 24.2 Å². The number of nitrogens with zero attached hydrogens (tertiary/aromatic N) is 1. The van der Waals surface area contributed by atoms with Gasteiger partial charge in [0.05, 0.1) is 0 Å². The molecule has 1 rings (SSSR count). The van der Waals surface area contributed by atoms with Crippen LogP contribution in [0.2, 0.25) is 0 Å². The Hall–Kier alpha value is -2.16. The Kier molecular flexibility index (Phi) is 5.06. The maximum absolute atomic E-state index is 11.2. The van der Waals surface area contributed by atoms with Crippen molar-refractivity contribution in [1.82, 2.24) is 10.4 Å². The van der Waals surface area contributed by atoms with E-state index in [1.165, 1.54) is 0 Å². The van der Waals surface area contributed by atoms with Crippen LogP contribution in [-0.4, -0.2) is 42.2 Å². The summed E-state index contributed by atoms with van der Waals surface area (Å²) in [6.07, 6.45) is 0.337. The van der Waals surface area contributed by atoms with Crippen LogP contribution in [0.25, 0.3) is 0 Å². The van der Waals surface area contributed by atoms with Gasteiger partial charge in [-0.1, -0.05) is 6.42 Å². The molecule has 1 aliphatic rings. The van der Waals surface area contributed by atoms with Gasteiger partial charge in [0.1, 0.15) is 0 Å². The van der Waals surface area contributed by atoms with Crippen LogP contribution in [0, 0.1) is 0 Å². The fourth-order valence-electron chi connectivity index (χ4n) is 1.42. The van der Waals surface area contributed by atoms with Crippen molar-refractivity contribution >= 4 is 24.1 Å². The van der Waals surface area contributed by atoms with Crippen molar-refractivity contribution in [2.75, 3.05) is 13.1 Å². The molecule has 0 saturated carbocycles. The molecule has 0 atom stereocenters. The van der Waals surface area contributed by atoms with Gasteiger partial charge >= 0.3 is 24.1 Å². The molecule has 2 amide bonds. The van der Waals surface area contributed by atoms with Gasteiger partial charge in [0.2, 0.25) is 0 Å². The molecule has 0 aliphatic carbocycles. The summed E-state index contributed by atoms with van der Waals surface area (Å²) in [6.45, 7) is 1.27. The van der Waals surface area contributed by atoms with E-state index in [0.717, 1.165) is 19.3 Å². The molecule has 1 saturated heterocycles. The van der Waals surface area contributed by atoms with Crippen LogP contribution in [0.4, 0.5) is 9.59 Å². The standard InChI is InChI=1S/C9H13N3O6/c10-8(15)17-6(13)7(14)18-9(16)11-12-4-2-1-3-5-12/h1-5H2,(H2,10,15)(H,11,16). The minimum Gasteiger partial charge on any atom is -0.368 e. The van der Waals surface area contributed by atoms with Crippen molar-refractivity contribution in [3.05, 3.63) is 0 Å². The summed E-state index contributed by atoms with van der Waals surface area (Å²) >= 11 is 0. The zero-order chi connectivity index (χ0) is 13.5. The predicted molar refractivity (Wildman–Crippen MR) is 55.7 cm³/mol. The van der Waals surface area contributed by atoms with Gasteiger partial charge in [-0.15, -0.1) is 0 Å². The average Bonchev–Trinajstić information content (AvgIpc) is 2.29. The second kappa shape index (κ2) is 6.55. The predicted octanol–water partition coefficient (Wildman–Crippen LogP) is -0.738. The van der Waals surface area contributed by atoms with Crippen LogP contribution >= 0.6 is 0 Å². The van der Waals surface area contributed by atoms with Crippen molar-refractivity contribution < 1.29 is 28.7 Å². The van der Waals surface area contributed by atoms with Crippen molar-refractivity contribution in [2.45, 2.75) is 19.3 Å². The highest BCUT2D eigenvalue weighted by molar-refractivity contribution is 6.33. The highest BCUT2D eigenvalue weighted by Gasteiger charge is 2.24. The van der Waals surface area contributed by atoms with E-state index in [4.69, 9.17) is 0 Å². The maximum atomic E-state index is 11.2. The molecule has 0 unspecified atom stereocenters. The average molecular weight is 259 g/mol. The number of nitrogens with two attached hydrogens (primary N) is 1. The van der Waals surface area contributed by atoms with E-state index in [1.54, 1.807) is 5.01 Å². The molecule has 0 bridgehead atoms. The molecule has 100 valence electrons. The molecule has 3 N–H and O–H groups in total. The molecule has 9 nitrogen and oxygen atoms in total. The maximum Gasteiger partial charge on any atom is 0.429 e. The first-order valence-corrected chi connectivity index (χ1v) is 5.28. The van der Waals surface area contributed by atoms with Gasteiger partial charge in [-0.05, 0) is 12.8 Å². The van der Waals surface area contributed by atoms with Gasteiger partial charge in [0.25, 0.3) is 0 Å². The number of hydrazine groups is 1. The number of hydrogen-bond acceptors (Lipinski definition) is 7. The fraction of sp³-hybridized carbons (Fsp3) is 0.556. The summed E-state index contributed by atoms with van der Waals surface area (Å²) in [6, 6.07) is 0. The Labute approximate surface area is 102 Å². The molecule has 1 fully saturated rings. The fourth-order valence-corrected chi connectivity index (χ4v) is 1.42. The summed E-state index contributed by atoms with van der Waals surface area (Å²) in [7, 11) is 0. The summed E-state index contributed by atoms with van der Waals surface area (Å²) in [5, 5.41) is 1.57. The molecule has 1 aliphatic heterocycles. The Morgan fingerprint density at radius 3 is 2.06 bits per heavy atom. The van der Waals surface area contributed by atoms with E-state index >= 15 is 0 Å². The monoisotopic (exact) mass is 259 g/mol. The van der Waals surface area contributed by atoms with Crippen molar-refractivity contribution in [1.29, 1.82) is 0 Å². The molecule has 9 heteroatoms. The number of amides is 2. The zero-order valence-corrected chi connectivity index (χ0v) is 9.51. The third-order valence-electron chi connectivity index (χ3n) is 2.15. The Morgan fingerprint density at radius 2 is 1.50 bits per heavy atom. The smallest absolute Gasteiger partial charge is 0.368 e. The topological polar surface area (TPSA) is 128 Å². The quantitative estimate of drug-likeness (QED) is 0.360. The second-order valence-electron chi connectivity index (χ2n) is 3.55. The Balaban J connectivity index is 2.32. The van der Waals surface area contributed by atoms with E-state index in [0.29, 0.717) is 13.1 Å². The Bertz CT molecular complexity index is 363. The molecule has 0 aromatic heterocycles. The van der Waals surface area contributed by atoms with E-state index in [2.05, 4.69) is 20.6 Å². The number of rotatable bonds is 1. The molecule has 0 spiro atoms. The number of nitrogens with one attached hydrogen (secondary N) is 1. The van der Waals surface area contributed by atoms with Gasteiger partial charge in [0, 0.05) is 13.1 Å². The third-order valence-corrected chi connectivity index (χ3v) is 2.15. The van der Waals surface area contributed by atoms with Crippen molar-refractivity contribution in [2.24, 2.45) is 5.73 Å². The van der Waals surface area contributed by atoms with Crippen LogP contribution in [0.15, 0.2) is 0 Å². The third kappa shape index (κ3) is 4.78. The van der Waals surface area contributed by atoms with Crippen LogP contribution in [0.1, 0.15) is 19.3 Å². The van der Waals surface area contributed by atoms with E-state index in [1.807, 2.05) is 0 Å². The summed E-state index contributed by atoms with van der Waals surface area (Å²) < 4.78 is 7.84. The number of ether oxygens (including phenoxy) is 2. The first kappa shape index (κ1) is 13.9.